The van der Waals surface area contributed by atoms with Crippen LogP contribution in [0.5, 0.6) is 5.75 Å². The third-order valence-electron chi connectivity index (χ3n) is 1.90. The molecule has 0 aliphatic rings. The van der Waals surface area contributed by atoms with E-state index in [1.54, 1.807) is 0 Å². The van der Waals surface area contributed by atoms with Crippen LogP contribution in [-0.4, -0.2) is 18.5 Å². The smallest absolute Gasteiger partial charge is 0.434 e. The minimum atomic E-state index is -5.81. The van der Waals surface area contributed by atoms with Crippen LogP contribution in [0.4, 0.5) is 40.8 Å². The summed E-state index contributed by atoms with van der Waals surface area (Å²) in [4.78, 5) is 0. The summed E-state index contributed by atoms with van der Waals surface area (Å²) >= 11 is 0. The van der Waals surface area contributed by atoms with Crippen molar-refractivity contribution in [2.75, 3.05) is 5.73 Å². The van der Waals surface area contributed by atoms with Gasteiger partial charge in [0, 0.05) is 12.1 Å². The Morgan fingerprint density at radius 3 is 1.84 bits per heavy atom. The quantitative estimate of drug-likeness (QED) is 0.670. The number of alkyl halides is 6. The van der Waals surface area contributed by atoms with Crippen LogP contribution in [0.3, 0.4) is 0 Å². The number of hydrogen-bond donors (Lipinski definition) is 1. The third kappa shape index (κ3) is 3.61. The lowest BCUT2D eigenvalue weighted by atomic mass is 10.2. The molecule has 0 saturated heterocycles. The van der Waals surface area contributed by atoms with Crippen LogP contribution in [-0.2, 0) is 0 Å². The van der Waals surface area contributed by atoms with Gasteiger partial charge in [-0.3, -0.25) is 0 Å². The van der Waals surface area contributed by atoms with Crippen LogP contribution in [0, 0.1) is 11.6 Å². The Labute approximate surface area is 100 Å². The number of rotatable bonds is 2. The second-order valence-corrected chi connectivity index (χ2v) is 3.38. The van der Waals surface area contributed by atoms with Crippen molar-refractivity contribution >= 4 is 5.69 Å². The van der Waals surface area contributed by atoms with Gasteiger partial charge in [0.05, 0.1) is 0 Å². The fourth-order valence-corrected chi connectivity index (χ4v) is 1.10. The average molecular weight is 295 g/mol. The zero-order valence-electron chi connectivity index (χ0n) is 8.74. The predicted molar refractivity (Wildman–Crippen MR) is 47.3 cm³/mol. The highest BCUT2D eigenvalue weighted by Gasteiger charge is 2.59. The standard InChI is InChI=1S/C9H5F8NO/c10-3-1-4(11)6(18)5(2-3)19-7(8(12,13)14)9(15,16)17/h1-2,7H,18H2. The first-order valence-corrected chi connectivity index (χ1v) is 4.47. The first-order chi connectivity index (χ1) is 8.43. The molecule has 2 nitrogen and oxygen atoms in total. The molecule has 0 aromatic heterocycles. The molecule has 0 radical (unpaired) electrons. The second kappa shape index (κ2) is 4.74. The van der Waals surface area contributed by atoms with Crippen molar-refractivity contribution in [3.63, 3.8) is 0 Å². The summed E-state index contributed by atoms with van der Waals surface area (Å²) in [6.45, 7) is 0. The van der Waals surface area contributed by atoms with Crippen LogP contribution >= 0.6 is 0 Å². The van der Waals surface area contributed by atoms with Crippen molar-refractivity contribution in [1.82, 2.24) is 0 Å². The van der Waals surface area contributed by atoms with Gasteiger partial charge in [-0.05, 0) is 0 Å². The normalized spacial score (nSPS) is 12.9. The molecular weight excluding hydrogens is 290 g/mol. The largest absolute Gasteiger partial charge is 0.469 e. The molecule has 0 heterocycles. The molecular formula is C9H5F8NO. The molecule has 0 atom stereocenters. The minimum absolute atomic E-state index is 0.128. The zero-order valence-corrected chi connectivity index (χ0v) is 8.74. The van der Waals surface area contributed by atoms with E-state index in [1.165, 1.54) is 0 Å². The highest BCUT2D eigenvalue weighted by atomic mass is 19.4. The Morgan fingerprint density at radius 1 is 0.947 bits per heavy atom. The zero-order chi connectivity index (χ0) is 15.0. The second-order valence-electron chi connectivity index (χ2n) is 3.38. The monoisotopic (exact) mass is 295 g/mol. The number of benzene rings is 1. The number of anilines is 1. The van der Waals surface area contributed by atoms with Crippen molar-refractivity contribution in [2.24, 2.45) is 0 Å². The summed E-state index contributed by atoms with van der Waals surface area (Å²) in [5.74, 6) is -4.33. The Kier molecular flexibility index (Phi) is 3.82. The van der Waals surface area contributed by atoms with E-state index < -0.39 is 41.5 Å². The first-order valence-electron chi connectivity index (χ1n) is 4.47. The van der Waals surface area contributed by atoms with Gasteiger partial charge in [0.15, 0.2) is 5.82 Å². The number of hydrogen-bond acceptors (Lipinski definition) is 2. The molecule has 0 unspecified atom stereocenters. The van der Waals surface area contributed by atoms with Crippen LogP contribution in [0.25, 0.3) is 0 Å². The van der Waals surface area contributed by atoms with Crippen LogP contribution in [0.2, 0.25) is 0 Å². The van der Waals surface area contributed by atoms with Gasteiger partial charge in [0.2, 0.25) is 0 Å². The number of nitrogens with two attached hydrogens (primary N) is 1. The molecule has 1 aromatic rings. The average Bonchev–Trinajstić information content (AvgIpc) is 2.17. The van der Waals surface area contributed by atoms with E-state index in [9.17, 15) is 35.1 Å². The maximum atomic E-state index is 12.9. The minimum Gasteiger partial charge on any atom is -0.469 e. The molecule has 10 heteroatoms. The Bertz CT molecular complexity index is 453. The van der Waals surface area contributed by atoms with Crippen LogP contribution < -0.4 is 10.5 Å². The summed E-state index contributed by atoms with van der Waals surface area (Å²) in [7, 11) is 0. The SMILES string of the molecule is Nc1c(F)cc(F)cc1OC(C(F)(F)F)C(F)(F)F. The number of nitrogen functional groups attached to an aromatic ring is 1. The summed E-state index contributed by atoms with van der Waals surface area (Å²) in [5, 5.41) is 0. The summed E-state index contributed by atoms with van der Waals surface area (Å²) in [6.07, 6.45) is -15.9. The van der Waals surface area contributed by atoms with E-state index in [2.05, 4.69) is 4.74 Å². The topological polar surface area (TPSA) is 35.2 Å². The molecule has 2 N–H and O–H groups in total. The maximum Gasteiger partial charge on any atom is 0.434 e. The van der Waals surface area contributed by atoms with E-state index in [0.717, 1.165) is 0 Å². The molecule has 0 bridgehead atoms. The fraction of sp³-hybridized carbons (Fsp3) is 0.333. The highest BCUT2D eigenvalue weighted by Crippen LogP contribution is 2.38. The molecule has 0 amide bonds. The lowest BCUT2D eigenvalue weighted by molar-refractivity contribution is -0.299. The van der Waals surface area contributed by atoms with E-state index in [0.29, 0.717) is 0 Å². The molecule has 1 aromatic carbocycles. The predicted octanol–water partition coefficient (Wildman–Crippen LogP) is 3.42. The molecule has 19 heavy (non-hydrogen) atoms. The highest BCUT2D eigenvalue weighted by molar-refractivity contribution is 5.53. The van der Waals surface area contributed by atoms with Crippen molar-refractivity contribution in [1.29, 1.82) is 0 Å². The molecule has 0 saturated carbocycles. The Balaban J connectivity index is 3.18. The Hall–Kier alpha value is -1.74. The van der Waals surface area contributed by atoms with Gasteiger partial charge in [-0.2, -0.15) is 26.3 Å². The van der Waals surface area contributed by atoms with Gasteiger partial charge < -0.3 is 10.5 Å². The number of halogens is 8. The third-order valence-corrected chi connectivity index (χ3v) is 1.90. The van der Waals surface area contributed by atoms with E-state index in [-0.39, 0.29) is 12.1 Å². The van der Waals surface area contributed by atoms with Crippen molar-refractivity contribution in [3.05, 3.63) is 23.8 Å². The van der Waals surface area contributed by atoms with Gasteiger partial charge in [-0.15, -0.1) is 0 Å². The Morgan fingerprint density at radius 2 is 1.42 bits per heavy atom. The van der Waals surface area contributed by atoms with E-state index >= 15 is 0 Å². The molecule has 1 rings (SSSR count). The van der Waals surface area contributed by atoms with Gasteiger partial charge >= 0.3 is 12.4 Å². The number of ether oxygens (including phenoxy) is 1. The molecule has 0 aliphatic heterocycles. The maximum absolute atomic E-state index is 12.9. The van der Waals surface area contributed by atoms with Crippen molar-refractivity contribution in [2.45, 2.75) is 18.5 Å². The first kappa shape index (κ1) is 15.3. The van der Waals surface area contributed by atoms with Crippen LogP contribution in [0.1, 0.15) is 0 Å². The molecule has 0 aliphatic carbocycles. The van der Waals surface area contributed by atoms with Gasteiger partial charge in [-0.25, -0.2) is 8.78 Å². The summed E-state index contributed by atoms with van der Waals surface area (Å²) in [6, 6.07) is 0.321. The summed E-state index contributed by atoms with van der Waals surface area (Å²) in [5.41, 5.74) is 3.73. The lowest BCUT2D eigenvalue weighted by Gasteiger charge is -2.24. The van der Waals surface area contributed by atoms with Gasteiger partial charge in [-0.1, -0.05) is 0 Å². The molecule has 0 fully saturated rings. The van der Waals surface area contributed by atoms with E-state index in [4.69, 9.17) is 5.73 Å². The molecule has 0 spiro atoms. The lowest BCUT2D eigenvalue weighted by Crippen LogP contribution is -2.46. The molecule has 108 valence electrons. The summed E-state index contributed by atoms with van der Waals surface area (Å²) < 4.78 is 102. The van der Waals surface area contributed by atoms with Crippen molar-refractivity contribution in [3.8, 4) is 5.75 Å². The fourth-order valence-electron chi connectivity index (χ4n) is 1.10. The van der Waals surface area contributed by atoms with Crippen LogP contribution in [0.15, 0.2) is 12.1 Å². The van der Waals surface area contributed by atoms with Gasteiger partial charge in [0.25, 0.3) is 6.10 Å². The van der Waals surface area contributed by atoms with E-state index in [1.807, 2.05) is 0 Å². The van der Waals surface area contributed by atoms with Crippen molar-refractivity contribution < 1.29 is 39.9 Å². The van der Waals surface area contributed by atoms with Gasteiger partial charge in [0.1, 0.15) is 17.3 Å².